The van der Waals surface area contributed by atoms with Gasteiger partial charge in [0.2, 0.25) is 0 Å². The van der Waals surface area contributed by atoms with Crippen molar-refractivity contribution in [3.8, 4) is 0 Å². The summed E-state index contributed by atoms with van der Waals surface area (Å²) in [5.41, 5.74) is 8.08. The first-order valence-electron chi connectivity index (χ1n) is 7.93. The van der Waals surface area contributed by atoms with Crippen molar-refractivity contribution in [1.82, 2.24) is 9.78 Å². The van der Waals surface area contributed by atoms with Gasteiger partial charge in [0.15, 0.2) is 0 Å². The van der Waals surface area contributed by atoms with Crippen LogP contribution < -0.4 is 5.73 Å². The smallest absolute Gasteiger partial charge is 0.0766 e. The van der Waals surface area contributed by atoms with E-state index in [2.05, 4.69) is 53.4 Å². The van der Waals surface area contributed by atoms with Crippen molar-refractivity contribution in [3.63, 3.8) is 0 Å². The first kappa shape index (κ1) is 17.0. The van der Waals surface area contributed by atoms with Crippen molar-refractivity contribution in [2.24, 2.45) is 16.6 Å². The molecule has 1 aromatic heterocycles. The average molecular weight is 358 g/mol. The lowest BCUT2D eigenvalue weighted by Crippen LogP contribution is -2.44. The highest BCUT2D eigenvalue weighted by molar-refractivity contribution is 9.10. The van der Waals surface area contributed by atoms with Crippen LogP contribution in [-0.4, -0.2) is 27.5 Å². The van der Waals surface area contributed by atoms with Crippen molar-refractivity contribution in [2.45, 2.75) is 66.0 Å². The Kier molecular flexibility index (Phi) is 4.86. The second kappa shape index (κ2) is 6.01. The van der Waals surface area contributed by atoms with Crippen LogP contribution in [0.2, 0.25) is 0 Å². The van der Waals surface area contributed by atoms with Crippen LogP contribution in [-0.2, 0) is 19.4 Å². The number of nitrogens with zero attached hydrogens (tertiary/aromatic N) is 2. The van der Waals surface area contributed by atoms with Crippen molar-refractivity contribution in [2.75, 3.05) is 6.54 Å². The number of hydrogen-bond acceptors (Lipinski definition) is 3. The molecule has 4 nitrogen and oxygen atoms in total. The maximum Gasteiger partial charge on any atom is 0.0766 e. The van der Waals surface area contributed by atoms with E-state index in [1.165, 1.54) is 5.69 Å². The summed E-state index contributed by atoms with van der Waals surface area (Å²) in [6, 6.07) is 0. The fourth-order valence-electron chi connectivity index (χ4n) is 3.66. The number of aliphatic hydroxyl groups is 1. The molecule has 1 aromatic rings. The van der Waals surface area contributed by atoms with Crippen molar-refractivity contribution >= 4 is 15.9 Å². The van der Waals surface area contributed by atoms with E-state index in [0.717, 1.165) is 42.4 Å². The monoisotopic (exact) mass is 357 g/mol. The molecule has 2 atom stereocenters. The third-order valence-corrected chi connectivity index (χ3v) is 6.12. The van der Waals surface area contributed by atoms with Crippen LogP contribution in [0.5, 0.6) is 0 Å². The van der Waals surface area contributed by atoms with Crippen LogP contribution in [0.4, 0.5) is 0 Å². The molecule has 0 aliphatic heterocycles. The summed E-state index contributed by atoms with van der Waals surface area (Å²) in [6.45, 7) is 9.85. The van der Waals surface area contributed by atoms with E-state index < -0.39 is 0 Å². The van der Waals surface area contributed by atoms with Gasteiger partial charge < -0.3 is 10.8 Å². The molecular formula is C16H28BrN3O. The van der Waals surface area contributed by atoms with Crippen LogP contribution in [0.25, 0.3) is 0 Å². The SMILES string of the molecule is CCc1nn(CC)c(CC2(CN)CCC(C)(C)C2O)c1Br. The number of nitrogens with two attached hydrogens (primary N) is 1. The molecule has 5 heteroatoms. The fraction of sp³-hybridized carbons (Fsp3) is 0.812. The van der Waals surface area contributed by atoms with Crippen molar-refractivity contribution in [3.05, 3.63) is 15.9 Å². The molecule has 120 valence electrons. The summed E-state index contributed by atoms with van der Waals surface area (Å²) in [6.07, 6.45) is 3.32. The van der Waals surface area contributed by atoms with Crippen LogP contribution in [0.1, 0.15) is 51.9 Å². The van der Waals surface area contributed by atoms with Gasteiger partial charge in [-0.15, -0.1) is 0 Å². The Balaban J connectivity index is 2.38. The molecule has 2 rings (SSSR count). The molecule has 1 aliphatic rings. The highest BCUT2D eigenvalue weighted by Gasteiger charge is 2.51. The molecule has 1 aliphatic carbocycles. The Morgan fingerprint density at radius 3 is 2.48 bits per heavy atom. The largest absolute Gasteiger partial charge is 0.392 e. The van der Waals surface area contributed by atoms with E-state index >= 15 is 0 Å². The molecule has 0 spiro atoms. The van der Waals surface area contributed by atoms with Crippen LogP contribution >= 0.6 is 15.9 Å². The summed E-state index contributed by atoms with van der Waals surface area (Å²) < 4.78 is 3.15. The van der Waals surface area contributed by atoms with Crippen LogP contribution in [0.3, 0.4) is 0 Å². The topological polar surface area (TPSA) is 64.1 Å². The summed E-state index contributed by atoms with van der Waals surface area (Å²) in [4.78, 5) is 0. The zero-order valence-corrected chi connectivity index (χ0v) is 15.2. The van der Waals surface area contributed by atoms with E-state index in [1.54, 1.807) is 0 Å². The summed E-state index contributed by atoms with van der Waals surface area (Å²) in [5.74, 6) is 0. The third kappa shape index (κ3) is 2.80. The maximum absolute atomic E-state index is 10.8. The summed E-state index contributed by atoms with van der Waals surface area (Å²) in [5, 5.41) is 15.5. The molecule has 0 aromatic carbocycles. The predicted molar refractivity (Wildman–Crippen MR) is 89.2 cm³/mol. The molecular weight excluding hydrogens is 330 g/mol. The van der Waals surface area contributed by atoms with E-state index in [9.17, 15) is 5.11 Å². The van der Waals surface area contributed by atoms with Crippen molar-refractivity contribution in [1.29, 1.82) is 0 Å². The van der Waals surface area contributed by atoms with Crippen LogP contribution in [0.15, 0.2) is 4.47 Å². The maximum atomic E-state index is 10.8. The van der Waals surface area contributed by atoms with E-state index in [0.29, 0.717) is 6.54 Å². The van der Waals surface area contributed by atoms with Gasteiger partial charge in [0.25, 0.3) is 0 Å². The average Bonchev–Trinajstić information content (AvgIpc) is 2.89. The van der Waals surface area contributed by atoms with E-state index in [-0.39, 0.29) is 16.9 Å². The minimum Gasteiger partial charge on any atom is -0.392 e. The van der Waals surface area contributed by atoms with Crippen molar-refractivity contribution < 1.29 is 5.11 Å². The van der Waals surface area contributed by atoms with Gasteiger partial charge in [-0.05, 0) is 54.0 Å². The number of aliphatic hydroxyl groups excluding tert-OH is 1. The number of hydrogen-bond donors (Lipinski definition) is 2. The van der Waals surface area contributed by atoms with Gasteiger partial charge in [0, 0.05) is 18.5 Å². The first-order chi connectivity index (χ1) is 9.81. The molecule has 0 saturated heterocycles. The minimum absolute atomic E-state index is 0.0590. The molecule has 0 amide bonds. The van der Waals surface area contributed by atoms with Crippen LogP contribution in [0, 0.1) is 10.8 Å². The van der Waals surface area contributed by atoms with E-state index in [1.807, 2.05) is 0 Å². The zero-order valence-electron chi connectivity index (χ0n) is 13.6. The molecule has 3 N–H and O–H groups in total. The summed E-state index contributed by atoms with van der Waals surface area (Å²) in [7, 11) is 0. The Morgan fingerprint density at radius 2 is 2.05 bits per heavy atom. The van der Waals surface area contributed by atoms with Gasteiger partial charge in [-0.1, -0.05) is 20.8 Å². The molecule has 0 radical (unpaired) electrons. The number of rotatable bonds is 5. The number of halogens is 1. The molecule has 2 unspecified atom stereocenters. The number of aromatic nitrogens is 2. The zero-order chi connectivity index (χ0) is 15.8. The predicted octanol–water partition coefficient (Wildman–Crippen LogP) is 2.90. The summed E-state index contributed by atoms with van der Waals surface area (Å²) >= 11 is 3.71. The number of aryl methyl sites for hydroxylation is 2. The van der Waals surface area contributed by atoms with Gasteiger partial charge in [-0.25, -0.2) is 0 Å². The molecule has 0 bridgehead atoms. The van der Waals surface area contributed by atoms with E-state index in [4.69, 9.17) is 5.73 Å². The standard InChI is InChI=1S/C16H28BrN3O/c1-5-11-13(17)12(20(6-2)19-11)9-16(10-18)8-7-15(3,4)14(16)21/h14,21H,5-10,18H2,1-4H3. The van der Waals surface area contributed by atoms with Gasteiger partial charge in [0.05, 0.1) is 22.0 Å². The second-order valence-electron chi connectivity index (χ2n) is 7.01. The van der Waals surface area contributed by atoms with Gasteiger partial charge in [-0.2, -0.15) is 5.10 Å². The lowest BCUT2D eigenvalue weighted by atomic mass is 9.75. The van der Waals surface area contributed by atoms with Gasteiger partial charge >= 0.3 is 0 Å². The van der Waals surface area contributed by atoms with Gasteiger partial charge in [-0.3, -0.25) is 4.68 Å². The first-order valence-corrected chi connectivity index (χ1v) is 8.72. The molecule has 1 saturated carbocycles. The fourth-order valence-corrected chi connectivity index (χ4v) is 4.37. The molecule has 1 heterocycles. The Bertz CT molecular complexity index is 512. The quantitative estimate of drug-likeness (QED) is 0.851. The minimum atomic E-state index is -0.368. The normalized spacial score (nSPS) is 28.2. The lowest BCUT2D eigenvalue weighted by Gasteiger charge is -2.36. The third-order valence-electron chi connectivity index (χ3n) is 5.21. The Labute approximate surface area is 136 Å². The second-order valence-corrected chi connectivity index (χ2v) is 7.80. The Morgan fingerprint density at radius 1 is 1.38 bits per heavy atom. The van der Waals surface area contributed by atoms with Gasteiger partial charge in [0.1, 0.15) is 0 Å². The lowest BCUT2D eigenvalue weighted by molar-refractivity contribution is -0.00561. The molecule has 1 fully saturated rings. The highest BCUT2D eigenvalue weighted by Crippen LogP contribution is 2.51. The molecule has 21 heavy (non-hydrogen) atoms. The highest BCUT2D eigenvalue weighted by atomic mass is 79.9. The Hall–Kier alpha value is -0.390.